The number of carbonyl (C=O) groups is 1. The fraction of sp³-hybridized carbons (Fsp3) is 0.353. The molecule has 1 heterocycles. The van der Waals surface area contributed by atoms with Gasteiger partial charge in [0, 0.05) is 12.1 Å². The van der Waals surface area contributed by atoms with Gasteiger partial charge in [0.25, 0.3) is 5.56 Å². The molecule has 0 atom stereocenters. The van der Waals surface area contributed by atoms with Crippen LogP contribution in [0.1, 0.15) is 41.3 Å². The predicted molar refractivity (Wildman–Crippen MR) is 83.7 cm³/mol. The molecule has 110 valence electrons. The molecule has 2 rings (SSSR count). The van der Waals surface area contributed by atoms with Gasteiger partial charge < -0.3 is 0 Å². The van der Waals surface area contributed by atoms with Crippen LogP contribution in [-0.2, 0) is 6.54 Å². The van der Waals surface area contributed by atoms with Gasteiger partial charge in [0.15, 0.2) is 6.29 Å². The Bertz CT molecular complexity index is 717. The van der Waals surface area contributed by atoms with E-state index in [2.05, 4.69) is 12.0 Å². The summed E-state index contributed by atoms with van der Waals surface area (Å²) in [6.07, 6.45) is 2.45. The average Bonchev–Trinajstić information content (AvgIpc) is 2.48. The number of aldehydes is 1. The van der Waals surface area contributed by atoms with Gasteiger partial charge in [-0.3, -0.25) is 9.59 Å². The highest BCUT2D eigenvalue weighted by atomic mass is 16.1. The first-order valence-corrected chi connectivity index (χ1v) is 7.21. The molecular formula is C17H20N2O2. The Morgan fingerprint density at radius 1 is 1.24 bits per heavy atom. The molecule has 0 spiro atoms. The van der Waals surface area contributed by atoms with Crippen LogP contribution in [0, 0.1) is 13.8 Å². The van der Waals surface area contributed by atoms with Crippen molar-refractivity contribution >= 4 is 6.29 Å². The first-order chi connectivity index (χ1) is 10.1. The SMILES string of the molecule is CCCCn1nc(-c2cc(C)ccc2C)cc(C=O)c1=O. The summed E-state index contributed by atoms with van der Waals surface area (Å²) < 4.78 is 1.41. The summed E-state index contributed by atoms with van der Waals surface area (Å²) >= 11 is 0. The fourth-order valence-electron chi connectivity index (χ4n) is 2.25. The third-order valence-corrected chi connectivity index (χ3v) is 3.52. The Balaban J connectivity index is 2.60. The van der Waals surface area contributed by atoms with Crippen LogP contribution < -0.4 is 5.56 Å². The lowest BCUT2D eigenvalue weighted by Crippen LogP contribution is -2.26. The summed E-state index contributed by atoms with van der Waals surface area (Å²) in [5.41, 5.74) is 3.68. The van der Waals surface area contributed by atoms with Gasteiger partial charge >= 0.3 is 0 Å². The number of aromatic nitrogens is 2. The van der Waals surface area contributed by atoms with Crippen LogP contribution in [0.4, 0.5) is 0 Å². The molecule has 0 bridgehead atoms. The normalized spacial score (nSPS) is 10.6. The number of unbranched alkanes of at least 4 members (excludes halogenated alkanes) is 1. The first kappa shape index (κ1) is 15.2. The van der Waals surface area contributed by atoms with E-state index in [4.69, 9.17) is 0 Å². The second kappa shape index (κ2) is 6.48. The van der Waals surface area contributed by atoms with E-state index >= 15 is 0 Å². The van der Waals surface area contributed by atoms with E-state index in [-0.39, 0.29) is 11.1 Å². The largest absolute Gasteiger partial charge is 0.298 e. The average molecular weight is 284 g/mol. The molecule has 2 aromatic rings. The van der Waals surface area contributed by atoms with E-state index in [1.54, 1.807) is 6.07 Å². The molecule has 21 heavy (non-hydrogen) atoms. The minimum Gasteiger partial charge on any atom is -0.298 e. The van der Waals surface area contributed by atoms with Crippen LogP contribution in [-0.4, -0.2) is 16.1 Å². The number of nitrogens with zero attached hydrogens (tertiary/aromatic N) is 2. The zero-order valence-corrected chi connectivity index (χ0v) is 12.7. The van der Waals surface area contributed by atoms with E-state index in [0.29, 0.717) is 18.5 Å². The number of carbonyl (C=O) groups excluding carboxylic acids is 1. The smallest absolute Gasteiger partial charge is 0.277 e. The molecule has 0 aliphatic carbocycles. The van der Waals surface area contributed by atoms with Crippen molar-refractivity contribution in [1.29, 1.82) is 0 Å². The summed E-state index contributed by atoms with van der Waals surface area (Å²) in [6, 6.07) is 7.67. The Labute approximate surface area is 124 Å². The molecule has 0 saturated heterocycles. The van der Waals surface area contributed by atoms with Crippen LogP contribution in [0.5, 0.6) is 0 Å². The molecule has 0 unspecified atom stereocenters. The Morgan fingerprint density at radius 2 is 2.00 bits per heavy atom. The molecule has 0 N–H and O–H groups in total. The third-order valence-electron chi connectivity index (χ3n) is 3.52. The number of hydrogen-bond donors (Lipinski definition) is 0. The number of aryl methyl sites for hydroxylation is 3. The molecule has 4 nitrogen and oxygen atoms in total. The van der Waals surface area contributed by atoms with Gasteiger partial charge in [-0.2, -0.15) is 5.10 Å². The van der Waals surface area contributed by atoms with Crippen LogP contribution in [0.15, 0.2) is 29.1 Å². The fourth-order valence-corrected chi connectivity index (χ4v) is 2.25. The summed E-state index contributed by atoms with van der Waals surface area (Å²) in [5, 5.41) is 4.44. The zero-order valence-electron chi connectivity index (χ0n) is 12.7. The van der Waals surface area contributed by atoms with E-state index in [1.165, 1.54) is 4.68 Å². The second-order valence-electron chi connectivity index (χ2n) is 5.30. The van der Waals surface area contributed by atoms with Crippen LogP contribution >= 0.6 is 0 Å². The van der Waals surface area contributed by atoms with Crippen molar-refractivity contribution in [3.8, 4) is 11.3 Å². The number of hydrogen-bond acceptors (Lipinski definition) is 3. The molecule has 4 heteroatoms. The predicted octanol–water partition coefficient (Wildman–Crippen LogP) is 3.14. The molecular weight excluding hydrogens is 264 g/mol. The maximum absolute atomic E-state index is 12.1. The topological polar surface area (TPSA) is 52.0 Å². The molecule has 1 aromatic heterocycles. The maximum atomic E-state index is 12.1. The van der Waals surface area contributed by atoms with Crippen molar-refractivity contribution in [2.75, 3.05) is 0 Å². The summed E-state index contributed by atoms with van der Waals surface area (Å²) in [6.45, 7) is 6.60. The highest BCUT2D eigenvalue weighted by Crippen LogP contribution is 2.22. The molecule has 0 amide bonds. The van der Waals surface area contributed by atoms with Crippen LogP contribution in [0.2, 0.25) is 0 Å². The molecule has 0 aliphatic rings. The molecule has 1 aromatic carbocycles. The molecule has 0 saturated carbocycles. The lowest BCUT2D eigenvalue weighted by molar-refractivity contribution is 0.112. The highest BCUT2D eigenvalue weighted by molar-refractivity contribution is 5.77. The van der Waals surface area contributed by atoms with Gasteiger partial charge in [0.1, 0.15) is 0 Å². The quantitative estimate of drug-likeness (QED) is 0.793. The van der Waals surface area contributed by atoms with Gasteiger partial charge in [0.05, 0.1) is 11.3 Å². The Kier molecular flexibility index (Phi) is 4.68. The third kappa shape index (κ3) is 3.27. The zero-order chi connectivity index (χ0) is 15.4. The minimum absolute atomic E-state index is 0.164. The van der Waals surface area contributed by atoms with Crippen molar-refractivity contribution in [3.63, 3.8) is 0 Å². The number of rotatable bonds is 5. The van der Waals surface area contributed by atoms with Gasteiger partial charge in [-0.15, -0.1) is 0 Å². The van der Waals surface area contributed by atoms with Crippen molar-refractivity contribution in [3.05, 3.63) is 51.3 Å². The minimum atomic E-state index is -0.312. The molecule has 0 fully saturated rings. The van der Waals surface area contributed by atoms with Crippen LogP contribution in [0.25, 0.3) is 11.3 Å². The van der Waals surface area contributed by atoms with Gasteiger partial charge in [-0.1, -0.05) is 31.0 Å². The molecule has 0 radical (unpaired) electrons. The first-order valence-electron chi connectivity index (χ1n) is 7.21. The van der Waals surface area contributed by atoms with Crippen molar-refractivity contribution in [1.82, 2.24) is 9.78 Å². The van der Waals surface area contributed by atoms with Gasteiger partial charge in [-0.25, -0.2) is 4.68 Å². The summed E-state index contributed by atoms with van der Waals surface area (Å²) in [5.74, 6) is 0. The monoisotopic (exact) mass is 284 g/mol. The Hall–Kier alpha value is -2.23. The highest BCUT2D eigenvalue weighted by Gasteiger charge is 2.11. The van der Waals surface area contributed by atoms with Crippen molar-refractivity contribution in [2.45, 2.75) is 40.2 Å². The van der Waals surface area contributed by atoms with Gasteiger partial charge in [0.2, 0.25) is 0 Å². The maximum Gasteiger partial charge on any atom is 0.277 e. The van der Waals surface area contributed by atoms with E-state index < -0.39 is 0 Å². The lowest BCUT2D eigenvalue weighted by atomic mass is 10.0. The van der Waals surface area contributed by atoms with Gasteiger partial charge in [-0.05, 0) is 38.0 Å². The molecule has 0 aliphatic heterocycles. The summed E-state index contributed by atoms with van der Waals surface area (Å²) in [7, 11) is 0. The standard InChI is InChI=1S/C17H20N2O2/c1-4-5-8-19-17(21)14(11-20)10-16(18-19)15-9-12(2)6-7-13(15)3/h6-7,9-11H,4-5,8H2,1-3H3. The van der Waals surface area contributed by atoms with E-state index in [1.807, 2.05) is 32.0 Å². The van der Waals surface area contributed by atoms with E-state index in [0.717, 1.165) is 29.5 Å². The van der Waals surface area contributed by atoms with Crippen molar-refractivity contribution in [2.24, 2.45) is 0 Å². The van der Waals surface area contributed by atoms with E-state index in [9.17, 15) is 9.59 Å². The summed E-state index contributed by atoms with van der Waals surface area (Å²) in [4.78, 5) is 23.3. The second-order valence-corrected chi connectivity index (χ2v) is 5.30. The number of benzene rings is 1. The van der Waals surface area contributed by atoms with Crippen molar-refractivity contribution < 1.29 is 4.79 Å². The van der Waals surface area contributed by atoms with Crippen LogP contribution in [0.3, 0.4) is 0 Å². The Morgan fingerprint density at radius 3 is 2.67 bits per heavy atom. The lowest BCUT2D eigenvalue weighted by Gasteiger charge is -2.10.